The molecule has 2 atom stereocenters. The number of carbonyl (C=O) groups excluding carboxylic acids is 1. The van der Waals surface area contributed by atoms with Crippen LogP contribution in [0.25, 0.3) is 11.0 Å². The Kier molecular flexibility index (Phi) is 4.34. The molecular formula is C18H24FN3O3. The predicted octanol–water partition coefficient (Wildman–Crippen LogP) is 2.93. The van der Waals surface area contributed by atoms with E-state index < -0.39 is 17.9 Å². The summed E-state index contributed by atoms with van der Waals surface area (Å²) in [7, 11) is 1.67. The van der Waals surface area contributed by atoms with Gasteiger partial charge in [-0.15, -0.1) is 0 Å². The highest BCUT2D eigenvalue weighted by molar-refractivity contribution is 5.79. The third kappa shape index (κ3) is 3.41. The number of ether oxygens (including phenoxy) is 1. The van der Waals surface area contributed by atoms with E-state index in [-0.39, 0.29) is 18.2 Å². The summed E-state index contributed by atoms with van der Waals surface area (Å²) in [6, 6.07) is 5.49. The van der Waals surface area contributed by atoms with Crippen LogP contribution in [0.4, 0.5) is 9.18 Å². The van der Waals surface area contributed by atoms with Crippen LogP contribution in [0.15, 0.2) is 23.0 Å². The number of hydrogen-bond donors (Lipinski definition) is 1. The maximum atomic E-state index is 14.9. The average molecular weight is 349 g/mol. The molecule has 1 aromatic heterocycles. The SMILES string of the molecule is Cn1c(=O)[nH]c2cccc([C@H]3CCN(C(=O)OC(C)(C)C)C[C@@H]3F)c21. The lowest BCUT2D eigenvalue weighted by Crippen LogP contribution is -2.46. The van der Waals surface area contributed by atoms with Crippen molar-refractivity contribution < 1.29 is 13.9 Å². The topological polar surface area (TPSA) is 67.3 Å². The largest absolute Gasteiger partial charge is 0.444 e. The van der Waals surface area contributed by atoms with Gasteiger partial charge in [0.25, 0.3) is 0 Å². The number of aryl methyl sites for hydroxylation is 1. The first-order chi connectivity index (χ1) is 11.7. The molecule has 0 bridgehead atoms. The lowest BCUT2D eigenvalue weighted by molar-refractivity contribution is 0.0112. The van der Waals surface area contributed by atoms with Gasteiger partial charge in [0.05, 0.1) is 17.6 Å². The van der Waals surface area contributed by atoms with Gasteiger partial charge in [-0.3, -0.25) is 4.57 Å². The normalized spacial score (nSPS) is 21.6. The number of rotatable bonds is 1. The third-order valence-corrected chi connectivity index (χ3v) is 4.54. The van der Waals surface area contributed by atoms with Gasteiger partial charge in [-0.05, 0) is 38.8 Å². The maximum Gasteiger partial charge on any atom is 0.410 e. The van der Waals surface area contributed by atoms with E-state index in [1.54, 1.807) is 27.8 Å². The fourth-order valence-corrected chi connectivity index (χ4v) is 3.38. The molecule has 6 nitrogen and oxygen atoms in total. The molecule has 0 unspecified atom stereocenters. The summed E-state index contributed by atoms with van der Waals surface area (Å²) in [5.41, 5.74) is 1.41. The van der Waals surface area contributed by atoms with Gasteiger partial charge in [0, 0.05) is 19.5 Å². The monoisotopic (exact) mass is 349 g/mol. The first kappa shape index (κ1) is 17.5. The van der Waals surface area contributed by atoms with E-state index >= 15 is 0 Å². The molecule has 1 saturated heterocycles. The minimum absolute atomic E-state index is 0.00562. The molecule has 0 aliphatic carbocycles. The first-order valence-corrected chi connectivity index (χ1v) is 8.47. The van der Waals surface area contributed by atoms with E-state index in [0.29, 0.717) is 18.5 Å². The maximum absolute atomic E-state index is 14.9. The van der Waals surface area contributed by atoms with Gasteiger partial charge in [0.2, 0.25) is 0 Å². The van der Waals surface area contributed by atoms with Gasteiger partial charge in [0.1, 0.15) is 11.8 Å². The lowest BCUT2D eigenvalue weighted by atomic mass is 9.87. The van der Waals surface area contributed by atoms with Crippen molar-refractivity contribution in [1.29, 1.82) is 0 Å². The van der Waals surface area contributed by atoms with Crippen LogP contribution in [0.3, 0.4) is 0 Å². The minimum Gasteiger partial charge on any atom is -0.444 e. The second kappa shape index (κ2) is 6.20. The number of likely N-dealkylation sites (tertiary alicyclic amines) is 1. The van der Waals surface area contributed by atoms with Crippen LogP contribution in [-0.2, 0) is 11.8 Å². The minimum atomic E-state index is -1.21. The Bertz CT molecular complexity index is 849. The number of aromatic amines is 1. The Morgan fingerprint density at radius 1 is 1.36 bits per heavy atom. The number of aromatic nitrogens is 2. The summed E-state index contributed by atoms with van der Waals surface area (Å²) in [6.07, 6.45) is -1.21. The Balaban J connectivity index is 1.83. The Morgan fingerprint density at radius 2 is 2.08 bits per heavy atom. The van der Waals surface area contributed by atoms with Crippen LogP contribution in [0.1, 0.15) is 38.7 Å². The Morgan fingerprint density at radius 3 is 2.72 bits per heavy atom. The van der Waals surface area contributed by atoms with E-state index in [2.05, 4.69) is 4.98 Å². The number of amides is 1. The van der Waals surface area contributed by atoms with Crippen LogP contribution < -0.4 is 5.69 Å². The summed E-state index contributed by atoms with van der Waals surface area (Å²) in [6.45, 7) is 5.79. The highest BCUT2D eigenvalue weighted by atomic mass is 19.1. The highest BCUT2D eigenvalue weighted by Crippen LogP contribution is 2.34. The number of benzene rings is 1. The summed E-state index contributed by atoms with van der Waals surface area (Å²) in [5.74, 6) is -0.358. The molecule has 1 amide bonds. The molecule has 0 saturated carbocycles. The molecule has 136 valence electrons. The molecule has 1 aliphatic heterocycles. The number of piperidine rings is 1. The molecule has 1 fully saturated rings. The van der Waals surface area contributed by atoms with Gasteiger partial charge in [0.15, 0.2) is 0 Å². The zero-order valence-corrected chi connectivity index (χ0v) is 15.0. The van der Waals surface area contributed by atoms with E-state index in [9.17, 15) is 14.0 Å². The summed E-state index contributed by atoms with van der Waals surface area (Å²) >= 11 is 0. The number of H-pyrrole nitrogens is 1. The number of carbonyl (C=O) groups is 1. The fourth-order valence-electron chi connectivity index (χ4n) is 3.38. The van der Waals surface area contributed by atoms with Gasteiger partial charge < -0.3 is 14.6 Å². The van der Waals surface area contributed by atoms with Crippen LogP contribution in [-0.4, -0.2) is 45.4 Å². The quantitative estimate of drug-likeness (QED) is 0.861. The van der Waals surface area contributed by atoms with E-state index in [1.807, 2.05) is 18.2 Å². The van der Waals surface area contributed by atoms with Crippen molar-refractivity contribution in [2.75, 3.05) is 13.1 Å². The van der Waals surface area contributed by atoms with Crippen molar-refractivity contribution in [2.24, 2.45) is 7.05 Å². The number of fused-ring (bicyclic) bond motifs is 1. The number of hydrogen-bond acceptors (Lipinski definition) is 3. The fraction of sp³-hybridized carbons (Fsp3) is 0.556. The van der Waals surface area contributed by atoms with Crippen LogP contribution in [0, 0.1) is 0 Å². The molecule has 25 heavy (non-hydrogen) atoms. The first-order valence-electron chi connectivity index (χ1n) is 8.47. The molecule has 1 aliphatic rings. The van der Waals surface area contributed by atoms with Crippen LogP contribution in [0.2, 0.25) is 0 Å². The molecule has 7 heteroatoms. The number of nitrogens with zero attached hydrogens (tertiary/aromatic N) is 2. The zero-order chi connectivity index (χ0) is 18.4. The van der Waals surface area contributed by atoms with Gasteiger partial charge in [-0.25, -0.2) is 14.0 Å². The number of imidazole rings is 1. The second-order valence-corrected chi connectivity index (χ2v) is 7.57. The zero-order valence-electron chi connectivity index (χ0n) is 15.0. The molecule has 2 aromatic rings. The van der Waals surface area contributed by atoms with Crippen molar-refractivity contribution in [2.45, 2.75) is 44.9 Å². The van der Waals surface area contributed by atoms with Crippen LogP contribution >= 0.6 is 0 Å². The molecule has 0 radical (unpaired) electrons. The van der Waals surface area contributed by atoms with Crippen molar-refractivity contribution in [1.82, 2.24) is 14.5 Å². The standard InChI is InChI=1S/C18H24FN3O3/c1-18(2,3)25-17(24)22-9-8-11(13(19)10-22)12-6-5-7-14-15(12)21(4)16(23)20-14/h5-7,11,13H,8-10H2,1-4H3,(H,20,23)/t11-,13+/m1/s1. The number of para-hydroxylation sites is 1. The summed E-state index contributed by atoms with van der Waals surface area (Å²) < 4.78 is 21.7. The third-order valence-electron chi connectivity index (χ3n) is 4.54. The lowest BCUT2D eigenvalue weighted by Gasteiger charge is -2.36. The molecule has 2 heterocycles. The van der Waals surface area contributed by atoms with Crippen molar-refractivity contribution in [3.8, 4) is 0 Å². The van der Waals surface area contributed by atoms with Crippen molar-refractivity contribution >= 4 is 17.1 Å². The Labute approximate surface area is 145 Å². The van der Waals surface area contributed by atoms with Crippen molar-refractivity contribution in [3.05, 3.63) is 34.2 Å². The Hall–Kier alpha value is -2.31. The van der Waals surface area contributed by atoms with Gasteiger partial charge in [-0.2, -0.15) is 0 Å². The molecule has 1 aromatic carbocycles. The molecule has 0 spiro atoms. The summed E-state index contributed by atoms with van der Waals surface area (Å²) in [4.78, 5) is 28.2. The average Bonchev–Trinajstić information content (AvgIpc) is 2.80. The van der Waals surface area contributed by atoms with Crippen LogP contribution in [0.5, 0.6) is 0 Å². The summed E-state index contributed by atoms with van der Waals surface area (Å²) in [5, 5.41) is 0. The number of halogens is 1. The van der Waals surface area contributed by atoms with Gasteiger partial charge >= 0.3 is 11.8 Å². The highest BCUT2D eigenvalue weighted by Gasteiger charge is 2.35. The van der Waals surface area contributed by atoms with E-state index in [4.69, 9.17) is 4.74 Å². The number of nitrogens with one attached hydrogen (secondary N) is 1. The molecular weight excluding hydrogens is 325 g/mol. The second-order valence-electron chi connectivity index (χ2n) is 7.57. The molecule has 3 rings (SSSR count). The predicted molar refractivity (Wildman–Crippen MR) is 93.6 cm³/mol. The van der Waals surface area contributed by atoms with E-state index in [0.717, 1.165) is 11.1 Å². The van der Waals surface area contributed by atoms with E-state index in [1.165, 1.54) is 9.47 Å². The van der Waals surface area contributed by atoms with Gasteiger partial charge in [-0.1, -0.05) is 12.1 Å². The molecule has 1 N–H and O–H groups in total. The van der Waals surface area contributed by atoms with Crippen molar-refractivity contribution in [3.63, 3.8) is 0 Å². The smallest absolute Gasteiger partial charge is 0.410 e. The number of alkyl halides is 1.